The Morgan fingerprint density at radius 2 is 2.06 bits per heavy atom. The zero-order valence-corrected chi connectivity index (χ0v) is 18.6. The number of hydrogen-bond donors (Lipinski definition) is 2. The Morgan fingerprint density at radius 3 is 2.85 bits per heavy atom. The molecule has 0 saturated heterocycles. The van der Waals surface area contributed by atoms with Crippen molar-refractivity contribution in [3.63, 3.8) is 0 Å². The Balaban J connectivity index is 1.55. The van der Waals surface area contributed by atoms with Crippen molar-refractivity contribution in [3.05, 3.63) is 81.3 Å². The van der Waals surface area contributed by atoms with Crippen LogP contribution in [0, 0.1) is 0 Å². The first kappa shape index (κ1) is 20.9. The number of nitrogens with zero attached hydrogens (tertiary/aromatic N) is 4. The molecule has 0 spiro atoms. The van der Waals surface area contributed by atoms with Crippen molar-refractivity contribution in [3.8, 4) is 0 Å². The second kappa shape index (κ2) is 8.20. The summed E-state index contributed by atoms with van der Waals surface area (Å²) in [4.78, 5) is 36.1. The van der Waals surface area contributed by atoms with Gasteiger partial charge >= 0.3 is 5.97 Å². The molecule has 1 aliphatic heterocycles. The van der Waals surface area contributed by atoms with Crippen LogP contribution < -0.4 is 15.8 Å². The van der Waals surface area contributed by atoms with E-state index < -0.39 is 5.97 Å². The number of carboxylic acid groups (broad SMARTS) is 1. The molecule has 8 nitrogen and oxygen atoms in total. The molecule has 0 bridgehead atoms. The zero-order chi connectivity index (χ0) is 23.1. The highest BCUT2D eigenvalue weighted by molar-refractivity contribution is 5.93. The minimum Gasteiger partial charge on any atom is -0.478 e. The van der Waals surface area contributed by atoms with Crippen molar-refractivity contribution in [2.24, 2.45) is 7.05 Å². The second-order valence-corrected chi connectivity index (χ2v) is 8.52. The lowest BCUT2D eigenvalue weighted by molar-refractivity contribution is 0.0697. The average molecular weight is 444 g/mol. The number of hydrogen-bond acceptors (Lipinski definition) is 6. The number of carboxylic acids is 1. The van der Waals surface area contributed by atoms with Gasteiger partial charge in [-0.25, -0.2) is 14.8 Å². The topological polar surface area (TPSA) is 100 Å². The summed E-state index contributed by atoms with van der Waals surface area (Å²) in [5.74, 6) is -0.134. The summed E-state index contributed by atoms with van der Waals surface area (Å²) in [6.45, 7) is 3.43. The molecule has 2 aliphatic rings. The molecule has 0 unspecified atom stereocenters. The molecule has 0 saturated carbocycles. The van der Waals surface area contributed by atoms with Crippen LogP contribution in [0.1, 0.15) is 41.7 Å². The van der Waals surface area contributed by atoms with E-state index in [1.807, 2.05) is 19.1 Å². The summed E-state index contributed by atoms with van der Waals surface area (Å²) in [6.07, 6.45) is 8.03. The number of pyridine rings is 1. The number of fused-ring (bicyclic) bond motifs is 1. The van der Waals surface area contributed by atoms with Crippen molar-refractivity contribution in [1.82, 2.24) is 14.5 Å². The smallest absolute Gasteiger partial charge is 0.339 e. The average Bonchev–Trinajstić information content (AvgIpc) is 3.25. The Kier molecular flexibility index (Phi) is 5.20. The molecular formula is C25H25N5O3. The Morgan fingerprint density at radius 1 is 1.21 bits per heavy atom. The van der Waals surface area contributed by atoms with Crippen LogP contribution in [0.2, 0.25) is 0 Å². The first-order valence-electron chi connectivity index (χ1n) is 11.0. The van der Waals surface area contributed by atoms with Crippen molar-refractivity contribution in [2.75, 3.05) is 23.3 Å². The summed E-state index contributed by atoms with van der Waals surface area (Å²) >= 11 is 0. The predicted octanol–water partition coefficient (Wildman–Crippen LogP) is 3.67. The third kappa shape index (κ3) is 3.67. The summed E-state index contributed by atoms with van der Waals surface area (Å²) in [7, 11) is 1.76. The monoisotopic (exact) mass is 443 g/mol. The SMILES string of the molecule is C[C@@H](Nc1ncccc1C(=O)O)c1cccc2c(=O)n(C)c(N3CC4=C(CCC=C4)C3)nc12. The van der Waals surface area contributed by atoms with Gasteiger partial charge in [0.05, 0.1) is 16.9 Å². The van der Waals surface area contributed by atoms with Gasteiger partial charge in [-0.2, -0.15) is 0 Å². The quantitative estimate of drug-likeness (QED) is 0.621. The Labute approximate surface area is 190 Å². The molecule has 3 aromatic rings. The van der Waals surface area contributed by atoms with E-state index in [1.54, 1.807) is 29.9 Å². The van der Waals surface area contributed by atoms with Gasteiger partial charge in [0.25, 0.3) is 5.56 Å². The summed E-state index contributed by atoms with van der Waals surface area (Å²) in [5, 5.41) is 13.2. The third-order valence-electron chi connectivity index (χ3n) is 6.38. The summed E-state index contributed by atoms with van der Waals surface area (Å²) in [6, 6.07) is 8.31. The molecule has 3 heterocycles. The van der Waals surface area contributed by atoms with Crippen molar-refractivity contribution < 1.29 is 9.90 Å². The maximum Gasteiger partial charge on any atom is 0.339 e. The fourth-order valence-corrected chi connectivity index (χ4v) is 4.65. The van der Waals surface area contributed by atoms with E-state index in [-0.39, 0.29) is 23.0 Å². The molecule has 8 heteroatoms. The standard InChI is InChI=1S/C25H25N5O3/c1-15(27-22-20(24(32)33)11-6-12-26-22)18-9-5-10-19-21(18)28-25(29(2)23(19)31)30-13-16-7-3-4-8-17(16)14-30/h3,5-7,9-12,15H,4,8,13-14H2,1-2H3,(H,26,27)(H,32,33)/t15-/m1/s1. The highest BCUT2D eigenvalue weighted by Gasteiger charge is 2.26. The lowest BCUT2D eigenvalue weighted by atomic mass is 10.0. The molecule has 2 N–H and O–H groups in total. The normalized spacial score (nSPS) is 16.2. The van der Waals surface area contributed by atoms with Gasteiger partial charge in [0.2, 0.25) is 5.95 Å². The third-order valence-corrected chi connectivity index (χ3v) is 6.38. The molecule has 1 atom stereocenters. The number of para-hydroxylation sites is 1. The number of carbonyl (C=O) groups is 1. The number of benzene rings is 1. The molecule has 1 aliphatic carbocycles. The number of anilines is 2. The molecular weight excluding hydrogens is 418 g/mol. The van der Waals surface area contributed by atoms with Gasteiger partial charge in [-0.15, -0.1) is 0 Å². The van der Waals surface area contributed by atoms with Gasteiger partial charge < -0.3 is 15.3 Å². The number of aromatic nitrogens is 3. The lowest BCUT2D eigenvalue weighted by Crippen LogP contribution is -2.31. The van der Waals surface area contributed by atoms with Crippen LogP contribution in [0.4, 0.5) is 11.8 Å². The number of nitrogens with one attached hydrogen (secondary N) is 1. The van der Waals surface area contributed by atoms with Crippen LogP contribution in [0.3, 0.4) is 0 Å². The molecule has 2 aromatic heterocycles. The number of aromatic carboxylic acids is 1. The van der Waals surface area contributed by atoms with Gasteiger partial charge in [0, 0.05) is 31.9 Å². The summed E-state index contributed by atoms with van der Waals surface area (Å²) in [5.41, 5.74) is 4.14. The van der Waals surface area contributed by atoms with Crippen LogP contribution in [-0.4, -0.2) is 38.7 Å². The highest BCUT2D eigenvalue weighted by atomic mass is 16.4. The molecule has 0 radical (unpaired) electrons. The van der Waals surface area contributed by atoms with E-state index in [1.165, 1.54) is 17.2 Å². The molecule has 0 amide bonds. The van der Waals surface area contributed by atoms with Gasteiger partial charge in [-0.3, -0.25) is 9.36 Å². The molecule has 168 valence electrons. The van der Waals surface area contributed by atoms with Crippen LogP contribution in [0.5, 0.6) is 0 Å². The molecule has 0 fully saturated rings. The molecule has 5 rings (SSSR count). The van der Waals surface area contributed by atoms with E-state index in [9.17, 15) is 14.7 Å². The molecule has 33 heavy (non-hydrogen) atoms. The minimum atomic E-state index is -1.05. The number of allylic oxidation sites excluding steroid dienone is 1. The fraction of sp³-hybridized carbons (Fsp3) is 0.280. The van der Waals surface area contributed by atoms with E-state index in [2.05, 4.69) is 27.4 Å². The first-order chi connectivity index (χ1) is 15.9. The van der Waals surface area contributed by atoms with Crippen molar-refractivity contribution >= 4 is 28.6 Å². The molecule has 1 aromatic carbocycles. The minimum absolute atomic E-state index is 0.0934. The second-order valence-electron chi connectivity index (χ2n) is 8.52. The predicted molar refractivity (Wildman–Crippen MR) is 128 cm³/mol. The van der Waals surface area contributed by atoms with E-state index >= 15 is 0 Å². The van der Waals surface area contributed by atoms with Gasteiger partial charge in [-0.1, -0.05) is 24.3 Å². The van der Waals surface area contributed by atoms with Crippen LogP contribution >= 0.6 is 0 Å². The van der Waals surface area contributed by atoms with Crippen LogP contribution in [-0.2, 0) is 7.05 Å². The first-order valence-corrected chi connectivity index (χ1v) is 11.0. The van der Waals surface area contributed by atoms with Gasteiger partial charge in [0.1, 0.15) is 11.4 Å². The lowest BCUT2D eigenvalue weighted by Gasteiger charge is -2.23. The fourth-order valence-electron chi connectivity index (χ4n) is 4.65. The maximum absolute atomic E-state index is 13.3. The van der Waals surface area contributed by atoms with Crippen molar-refractivity contribution in [2.45, 2.75) is 25.8 Å². The summed E-state index contributed by atoms with van der Waals surface area (Å²) < 4.78 is 1.62. The van der Waals surface area contributed by atoms with E-state index in [4.69, 9.17) is 4.98 Å². The van der Waals surface area contributed by atoms with E-state index in [0.717, 1.165) is 31.5 Å². The van der Waals surface area contributed by atoms with Gasteiger partial charge in [0.15, 0.2) is 0 Å². The van der Waals surface area contributed by atoms with Crippen LogP contribution in [0.25, 0.3) is 10.9 Å². The maximum atomic E-state index is 13.3. The zero-order valence-electron chi connectivity index (χ0n) is 18.6. The Bertz CT molecular complexity index is 1390. The van der Waals surface area contributed by atoms with E-state index in [0.29, 0.717) is 16.9 Å². The number of rotatable bonds is 5. The van der Waals surface area contributed by atoms with Crippen LogP contribution in [0.15, 0.2) is 64.6 Å². The van der Waals surface area contributed by atoms with Gasteiger partial charge in [-0.05, 0) is 49.1 Å². The Hall–Kier alpha value is -3.94. The highest BCUT2D eigenvalue weighted by Crippen LogP contribution is 2.31. The van der Waals surface area contributed by atoms with Crippen molar-refractivity contribution in [1.29, 1.82) is 0 Å². The largest absolute Gasteiger partial charge is 0.478 e.